The number of nitrogens with one attached hydrogen (secondary N) is 2. The van der Waals surface area contributed by atoms with Gasteiger partial charge in [0.1, 0.15) is 10.6 Å². The number of ether oxygens (including phenoxy) is 1. The minimum atomic E-state index is -3.77. The van der Waals surface area contributed by atoms with Crippen molar-refractivity contribution in [2.75, 3.05) is 13.7 Å². The molecule has 0 aromatic heterocycles. The molecule has 1 saturated carbocycles. The lowest BCUT2D eigenvalue weighted by Crippen LogP contribution is -2.33. The highest BCUT2D eigenvalue weighted by Crippen LogP contribution is 2.27. The number of carbonyl (C=O) groups is 1. The molecule has 2 aromatic rings. The van der Waals surface area contributed by atoms with E-state index in [1.165, 1.54) is 35.9 Å². The Morgan fingerprint density at radius 1 is 1.10 bits per heavy atom. The summed E-state index contributed by atoms with van der Waals surface area (Å²) in [6, 6.07) is 10.9. The summed E-state index contributed by atoms with van der Waals surface area (Å²) < 4.78 is 33.8. The lowest BCUT2D eigenvalue weighted by Gasteiger charge is -2.16. The molecule has 3 rings (SSSR count). The molecule has 0 radical (unpaired) electrons. The van der Waals surface area contributed by atoms with Crippen LogP contribution in [0.3, 0.4) is 0 Å². The minimum absolute atomic E-state index is 0.00447. The van der Waals surface area contributed by atoms with Crippen molar-refractivity contribution in [1.82, 2.24) is 10.0 Å². The number of methoxy groups -OCH3 is 1. The van der Waals surface area contributed by atoms with Gasteiger partial charge in [-0.05, 0) is 68.9 Å². The van der Waals surface area contributed by atoms with Gasteiger partial charge in [0.2, 0.25) is 10.0 Å². The zero-order valence-electron chi connectivity index (χ0n) is 18.5. The molecule has 1 amide bonds. The van der Waals surface area contributed by atoms with E-state index < -0.39 is 10.0 Å². The summed E-state index contributed by atoms with van der Waals surface area (Å²) in [6.07, 6.45) is 5.40. The molecule has 2 aromatic carbocycles. The maximum atomic E-state index is 12.9. The van der Waals surface area contributed by atoms with Crippen LogP contribution in [0.2, 0.25) is 0 Å². The van der Waals surface area contributed by atoms with Gasteiger partial charge in [0.05, 0.1) is 7.11 Å². The minimum Gasteiger partial charge on any atom is -0.495 e. The fourth-order valence-electron chi connectivity index (χ4n) is 4.06. The summed E-state index contributed by atoms with van der Waals surface area (Å²) in [5.41, 5.74) is 4.07. The molecule has 0 aliphatic heterocycles. The van der Waals surface area contributed by atoms with Crippen molar-refractivity contribution in [3.05, 3.63) is 58.7 Å². The zero-order chi connectivity index (χ0) is 22.4. The van der Waals surface area contributed by atoms with Gasteiger partial charge in [-0.25, -0.2) is 13.1 Å². The first-order chi connectivity index (χ1) is 14.8. The smallest absolute Gasteiger partial charge is 0.251 e. The van der Waals surface area contributed by atoms with Crippen molar-refractivity contribution < 1.29 is 17.9 Å². The number of aryl methyl sites for hydroxylation is 3. The molecule has 7 heteroatoms. The van der Waals surface area contributed by atoms with Crippen molar-refractivity contribution >= 4 is 15.9 Å². The number of amides is 1. The Kier molecular flexibility index (Phi) is 7.73. The van der Waals surface area contributed by atoms with Crippen LogP contribution in [-0.2, 0) is 16.4 Å². The maximum absolute atomic E-state index is 12.9. The van der Waals surface area contributed by atoms with Crippen LogP contribution in [-0.4, -0.2) is 34.0 Å². The van der Waals surface area contributed by atoms with Crippen LogP contribution in [0.1, 0.15) is 59.2 Å². The molecular formula is C24H32N2O4S. The first-order valence-corrected chi connectivity index (χ1v) is 12.3. The van der Waals surface area contributed by atoms with Crippen molar-refractivity contribution in [1.29, 1.82) is 0 Å². The predicted octanol–water partition coefficient (Wildman–Crippen LogP) is 3.90. The Bertz CT molecular complexity index is 1030. The van der Waals surface area contributed by atoms with Crippen molar-refractivity contribution in [2.45, 2.75) is 63.3 Å². The molecule has 0 unspecified atom stereocenters. The number of sulfonamides is 1. The molecule has 6 nitrogen and oxygen atoms in total. The van der Waals surface area contributed by atoms with E-state index in [0.717, 1.165) is 38.5 Å². The number of hydrogen-bond donors (Lipinski definition) is 2. The molecule has 0 saturated heterocycles. The van der Waals surface area contributed by atoms with Gasteiger partial charge in [-0.15, -0.1) is 0 Å². The number of hydrogen-bond acceptors (Lipinski definition) is 4. The average Bonchev–Trinajstić information content (AvgIpc) is 3.24. The lowest BCUT2D eigenvalue weighted by atomic mass is 10.0. The van der Waals surface area contributed by atoms with Gasteiger partial charge in [0.25, 0.3) is 5.91 Å². The lowest BCUT2D eigenvalue weighted by molar-refractivity contribution is 0.0953. The molecule has 0 atom stereocenters. The third kappa shape index (κ3) is 6.08. The van der Waals surface area contributed by atoms with Crippen molar-refractivity contribution in [3.8, 4) is 5.75 Å². The Labute approximate surface area is 185 Å². The van der Waals surface area contributed by atoms with Gasteiger partial charge >= 0.3 is 0 Å². The Morgan fingerprint density at radius 2 is 1.84 bits per heavy atom. The van der Waals surface area contributed by atoms with E-state index in [2.05, 4.69) is 42.1 Å². The quantitative estimate of drug-likeness (QED) is 0.575. The average molecular weight is 445 g/mol. The second-order valence-corrected chi connectivity index (χ2v) is 9.94. The molecule has 0 heterocycles. The molecule has 31 heavy (non-hydrogen) atoms. The van der Waals surface area contributed by atoms with Gasteiger partial charge < -0.3 is 10.1 Å². The summed E-state index contributed by atoms with van der Waals surface area (Å²) in [5.74, 6) is -0.0579. The molecule has 0 spiro atoms. The zero-order valence-corrected chi connectivity index (χ0v) is 19.3. The SMILES string of the molecule is COc1ccc(C(=O)NCCCc2ccc(C)cc2C)cc1S(=O)(=O)NC1CCCC1. The van der Waals surface area contributed by atoms with Crippen LogP contribution >= 0.6 is 0 Å². The van der Waals surface area contributed by atoms with E-state index >= 15 is 0 Å². The van der Waals surface area contributed by atoms with E-state index in [1.54, 1.807) is 6.07 Å². The Morgan fingerprint density at radius 3 is 2.52 bits per heavy atom. The molecule has 1 fully saturated rings. The normalized spacial score (nSPS) is 14.5. The summed E-state index contributed by atoms with van der Waals surface area (Å²) in [7, 11) is -2.34. The second-order valence-electron chi connectivity index (χ2n) is 8.26. The van der Waals surface area contributed by atoms with E-state index in [1.807, 2.05) is 0 Å². The van der Waals surface area contributed by atoms with Gasteiger partial charge in [0, 0.05) is 18.2 Å². The van der Waals surface area contributed by atoms with Crippen molar-refractivity contribution in [3.63, 3.8) is 0 Å². The Hall–Kier alpha value is -2.38. The highest BCUT2D eigenvalue weighted by Gasteiger charge is 2.26. The summed E-state index contributed by atoms with van der Waals surface area (Å²) in [4.78, 5) is 12.6. The maximum Gasteiger partial charge on any atom is 0.251 e. The summed E-state index contributed by atoms with van der Waals surface area (Å²) >= 11 is 0. The summed E-state index contributed by atoms with van der Waals surface area (Å²) in [6.45, 7) is 4.68. The van der Waals surface area contributed by atoms with E-state index in [4.69, 9.17) is 4.74 Å². The molecule has 1 aliphatic carbocycles. The van der Waals surface area contributed by atoms with Gasteiger partial charge in [-0.3, -0.25) is 4.79 Å². The molecule has 0 bridgehead atoms. The van der Waals surface area contributed by atoms with E-state index in [9.17, 15) is 13.2 Å². The third-order valence-electron chi connectivity index (χ3n) is 5.80. The molecule has 1 aliphatic rings. The van der Waals surface area contributed by atoms with Crippen LogP contribution in [0.5, 0.6) is 5.75 Å². The highest BCUT2D eigenvalue weighted by atomic mass is 32.2. The fraction of sp³-hybridized carbons (Fsp3) is 0.458. The van der Waals surface area contributed by atoms with Crippen LogP contribution in [0, 0.1) is 13.8 Å². The first kappa shape index (κ1) is 23.3. The van der Waals surface area contributed by atoms with Crippen LogP contribution in [0.25, 0.3) is 0 Å². The van der Waals surface area contributed by atoms with E-state index in [-0.39, 0.29) is 22.6 Å². The topological polar surface area (TPSA) is 84.5 Å². The predicted molar refractivity (Wildman–Crippen MR) is 122 cm³/mol. The van der Waals surface area contributed by atoms with Crippen LogP contribution in [0.4, 0.5) is 0 Å². The largest absolute Gasteiger partial charge is 0.495 e. The monoisotopic (exact) mass is 444 g/mol. The highest BCUT2D eigenvalue weighted by molar-refractivity contribution is 7.89. The standard InChI is InChI=1S/C24H32N2O4S/c1-17-10-11-19(18(2)15-17)7-6-14-25-24(27)20-12-13-22(30-3)23(16-20)31(28,29)26-21-8-4-5-9-21/h10-13,15-16,21,26H,4-9,14H2,1-3H3,(H,25,27). The summed E-state index contributed by atoms with van der Waals surface area (Å²) in [5, 5.41) is 2.89. The Balaban J connectivity index is 1.63. The first-order valence-electron chi connectivity index (χ1n) is 10.8. The molecule has 2 N–H and O–H groups in total. The van der Waals surface area contributed by atoms with Crippen LogP contribution in [0.15, 0.2) is 41.3 Å². The number of carbonyl (C=O) groups excluding carboxylic acids is 1. The second kappa shape index (κ2) is 10.3. The van der Waals surface area contributed by atoms with Crippen LogP contribution < -0.4 is 14.8 Å². The number of benzene rings is 2. The molecule has 168 valence electrons. The van der Waals surface area contributed by atoms with Gasteiger partial charge in [-0.2, -0.15) is 0 Å². The third-order valence-corrected chi connectivity index (χ3v) is 7.34. The van der Waals surface area contributed by atoms with Gasteiger partial charge in [0.15, 0.2) is 0 Å². The van der Waals surface area contributed by atoms with Gasteiger partial charge in [-0.1, -0.05) is 36.6 Å². The fourth-order valence-corrected chi connectivity index (χ4v) is 5.56. The van der Waals surface area contributed by atoms with E-state index in [0.29, 0.717) is 12.1 Å². The molecular weight excluding hydrogens is 412 g/mol. The number of rotatable bonds is 9. The van der Waals surface area contributed by atoms with Crippen molar-refractivity contribution in [2.24, 2.45) is 0 Å².